The molecule has 0 spiro atoms. The van der Waals surface area contributed by atoms with Gasteiger partial charge < -0.3 is 9.80 Å². The lowest BCUT2D eigenvalue weighted by molar-refractivity contribution is -0.124. The maximum Gasteiger partial charge on any atom is 0.267 e. The predicted octanol–water partition coefficient (Wildman–Crippen LogP) is 3.68. The normalized spacial score (nSPS) is 21.9. The second-order valence-electron chi connectivity index (χ2n) is 9.35. The smallest absolute Gasteiger partial charge is 0.267 e. The Kier molecular flexibility index (Phi) is 6.77. The molecule has 1 saturated carbocycles. The summed E-state index contributed by atoms with van der Waals surface area (Å²) in [5, 5.41) is 0. The molecule has 3 fully saturated rings. The highest BCUT2D eigenvalue weighted by atomic mass is 32.2. The van der Waals surface area contributed by atoms with Crippen molar-refractivity contribution in [2.45, 2.75) is 52.0 Å². The Hall–Kier alpha value is -2.23. The number of likely N-dealkylation sites (N-methyl/N-ethyl adjacent to an activating group) is 1. The molecule has 3 aliphatic rings. The molecule has 0 bridgehead atoms. The summed E-state index contributed by atoms with van der Waals surface area (Å²) >= 11 is 6.93. The van der Waals surface area contributed by atoms with E-state index >= 15 is 0 Å². The van der Waals surface area contributed by atoms with E-state index in [2.05, 4.69) is 16.7 Å². The van der Waals surface area contributed by atoms with Crippen molar-refractivity contribution >= 4 is 51.7 Å². The van der Waals surface area contributed by atoms with Crippen LogP contribution in [0.15, 0.2) is 28.0 Å². The second-order valence-corrected chi connectivity index (χ2v) is 11.0. The number of fused-ring (bicyclic) bond motifs is 1. The summed E-state index contributed by atoms with van der Waals surface area (Å²) in [5.74, 6) is 0.588. The monoisotopic (exact) mass is 497 g/mol. The molecule has 2 aromatic rings. The van der Waals surface area contributed by atoms with Gasteiger partial charge >= 0.3 is 0 Å². The van der Waals surface area contributed by atoms with Gasteiger partial charge in [0.1, 0.15) is 15.8 Å². The van der Waals surface area contributed by atoms with Crippen LogP contribution in [0.5, 0.6) is 0 Å². The number of pyridine rings is 1. The van der Waals surface area contributed by atoms with Crippen LogP contribution in [0.25, 0.3) is 11.7 Å². The molecule has 9 heteroatoms. The van der Waals surface area contributed by atoms with Crippen LogP contribution >= 0.6 is 24.0 Å². The maximum atomic E-state index is 13.7. The van der Waals surface area contributed by atoms with Crippen molar-refractivity contribution in [3.63, 3.8) is 0 Å². The highest BCUT2D eigenvalue weighted by Gasteiger charge is 2.38. The number of nitrogens with zero attached hydrogens (tertiary/aromatic N) is 5. The highest BCUT2D eigenvalue weighted by Crippen LogP contribution is 2.37. The number of aryl methyl sites for hydroxylation is 1. The molecule has 0 aromatic carbocycles. The Morgan fingerprint density at radius 1 is 1.12 bits per heavy atom. The van der Waals surface area contributed by atoms with Gasteiger partial charge in [-0.15, -0.1) is 0 Å². The standard InChI is InChI=1S/C25H31N5O2S2/c1-3-27-11-13-28(14-12-27)22-19(23(31)29-16-17(2)9-10-21(29)26-22)15-20-24(32)30(25(33)34-20)18-7-5-4-6-8-18/h9-10,15-16,18H,3-8,11-14H2,1-2H3/b20-15-. The first-order valence-electron chi connectivity index (χ1n) is 12.2. The third kappa shape index (κ3) is 4.41. The van der Waals surface area contributed by atoms with Gasteiger partial charge in [0.25, 0.3) is 11.5 Å². The Balaban J connectivity index is 1.57. The van der Waals surface area contributed by atoms with Crippen LogP contribution in [0.4, 0.5) is 5.82 Å². The van der Waals surface area contributed by atoms with Gasteiger partial charge in [-0.2, -0.15) is 0 Å². The lowest BCUT2D eigenvalue weighted by atomic mass is 9.94. The van der Waals surface area contributed by atoms with E-state index in [1.165, 1.54) is 18.2 Å². The Morgan fingerprint density at radius 3 is 2.56 bits per heavy atom. The fraction of sp³-hybridized carbons (Fsp3) is 0.520. The molecule has 0 radical (unpaired) electrons. The quantitative estimate of drug-likeness (QED) is 0.472. The summed E-state index contributed by atoms with van der Waals surface area (Å²) in [5.41, 5.74) is 1.92. The average molecular weight is 498 g/mol. The summed E-state index contributed by atoms with van der Waals surface area (Å²) < 4.78 is 2.19. The Labute approximate surface area is 209 Å². The fourth-order valence-corrected chi connectivity index (χ4v) is 6.54. The fourth-order valence-electron chi connectivity index (χ4n) is 5.16. The minimum Gasteiger partial charge on any atom is -0.353 e. The SMILES string of the molecule is CCN1CCN(c2nc3ccc(C)cn3c(=O)c2/C=C2\SC(=S)N(C3CCCCC3)C2=O)CC1. The molecule has 1 amide bonds. The maximum absolute atomic E-state index is 13.7. The molecule has 0 unspecified atom stereocenters. The van der Waals surface area contributed by atoms with Gasteiger partial charge in [0.2, 0.25) is 0 Å². The number of anilines is 1. The molecule has 2 aromatic heterocycles. The van der Waals surface area contributed by atoms with E-state index in [1.54, 1.807) is 15.4 Å². The van der Waals surface area contributed by atoms with E-state index in [-0.39, 0.29) is 17.5 Å². The third-order valence-corrected chi connectivity index (χ3v) is 8.47. The van der Waals surface area contributed by atoms with Crippen LogP contribution in [0.2, 0.25) is 0 Å². The van der Waals surface area contributed by atoms with Crippen molar-refractivity contribution in [1.82, 2.24) is 19.2 Å². The van der Waals surface area contributed by atoms with Crippen LogP contribution in [0.3, 0.4) is 0 Å². The molecule has 1 aliphatic carbocycles. The van der Waals surface area contributed by atoms with Crippen molar-refractivity contribution in [2.24, 2.45) is 0 Å². The molecule has 5 rings (SSSR count). The minimum absolute atomic E-state index is 0.0719. The zero-order valence-corrected chi connectivity index (χ0v) is 21.5. The first kappa shape index (κ1) is 23.5. The lowest BCUT2D eigenvalue weighted by Crippen LogP contribution is -2.47. The van der Waals surface area contributed by atoms with E-state index in [0.717, 1.165) is 64.0 Å². The van der Waals surface area contributed by atoms with Crippen LogP contribution in [0.1, 0.15) is 50.2 Å². The van der Waals surface area contributed by atoms with Crippen molar-refractivity contribution in [1.29, 1.82) is 0 Å². The summed E-state index contributed by atoms with van der Waals surface area (Å²) in [6.07, 6.45) is 9.02. The number of carbonyl (C=O) groups is 1. The largest absolute Gasteiger partial charge is 0.353 e. The van der Waals surface area contributed by atoms with Crippen LogP contribution in [0, 0.1) is 6.92 Å². The molecule has 2 aliphatic heterocycles. The average Bonchev–Trinajstić information content (AvgIpc) is 3.14. The molecule has 0 atom stereocenters. The van der Waals surface area contributed by atoms with Crippen LogP contribution in [-0.2, 0) is 4.79 Å². The van der Waals surface area contributed by atoms with Crippen molar-refractivity contribution in [3.05, 3.63) is 44.7 Å². The number of amides is 1. The van der Waals surface area contributed by atoms with E-state index in [0.29, 0.717) is 26.3 Å². The van der Waals surface area contributed by atoms with E-state index in [1.807, 2.05) is 25.3 Å². The first-order chi connectivity index (χ1) is 16.5. The number of rotatable bonds is 4. The second kappa shape index (κ2) is 9.79. The van der Waals surface area contributed by atoms with Crippen molar-refractivity contribution in [2.75, 3.05) is 37.6 Å². The van der Waals surface area contributed by atoms with E-state index < -0.39 is 0 Å². The Bertz CT molecular complexity index is 1210. The number of hydrogen-bond acceptors (Lipinski definition) is 7. The Morgan fingerprint density at radius 2 is 1.85 bits per heavy atom. The number of aromatic nitrogens is 2. The van der Waals surface area contributed by atoms with Gasteiger partial charge in [0, 0.05) is 38.4 Å². The lowest BCUT2D eigenvalue weighted by Gasteiger charge is -2.35. The molecule has 34 heavy (non-hydrogen) atoms. The van der Waals surface area contributed by atoms with Gasteiger partial charge in [-0.3, -0.25) is 18.9 Å². The predicted molar refractivity (Wildman–Crippen MR) is 142 cm³/mol. The number of thioether (sulfide) groups is 1. The van der Waals surface area contributed by atoms with Gasteiger partial charge in [-0.25, -0.2) is 4.98 Å². The number of piperazine rings is 1. The van der Waals surface area contributed by atoms with E-state index in [4.69, 9.17) is 17.2 Å². The molecular formula is C25H31N5O2S2. The molecule has 7 nitrogen and oxygen atoms in total. The first-order valence-corrected chi connectivity index (χ1v) is 13.5. The topological polar surface area (TPSA) is 61.2 Å². The molecule has 0 N–H and O–H groups in total. The zero-order valence-electron chi connectivity index (χ0n) is 19.8. The number of carbonyl (C=O) groups excluding carboxylic acids is 1. The summed E-state index contributed by atoms with van der Waals surface area (Å²) in [6, 6.07) is 4.02. The highest BCUT2D eigenvalue weighted by molar-refractivity contribution is 8.26. The minimum atomic E-state index is -0.149. The van der Waals surface area contributed by atoms with Crippen LogP contribution in [-0.4, -0.2) is 68.2 Å². The van der Waals surface area contributed by atoms with E-state index in [9.17, 15) is 9.59 Å². The molecule has 4 heterocycles. The summed E-state index contributed by atoms with van der Waals surface area (Å²) in [6.45, 7) is 8.58. The van der Waals surface area contributed by atoms with Crippen molar-refractivity contribution in [3.8, 4) is 0 Å². The molecule has 180 valence electrons. The number of hydrogen-bond donors (Lipinski definition) is 0. The molecular weight excluding hydrogens is 466 g/mol. The third-order valence-electron chi connectivity index (χ3n) is 7.14. The van der Waals surface area contributed by atoms with Crippen molar-refractivity contribution < 1.29 is 4.79 Å². The van der Waals surface area contributed by atoms with Gasteiger partial charge in [-0.05, 0) is 44.0 Å². The van der Waals surface area contributed by atoms with Gasteiger partial charge in [0.05, 0.1) is 10.5 Å². The summed E-state index contributed by atoms with van der Waals surface area (Å²) in [4.78, 5) is 38.9. The zero-order chi connectivity index (χ0) is 23.8. The molecule has 2 saturated heterocycles. The van der Waals surface area contributed by atoms with Gasteiger partial charge in [0.15, 0.2) is 0 Å². The van der Waals surface area contributed by atoms with Gasteiger partial charge in [-0.1, -0.05) is 56.2 Å². The number of thiocarbonyl (C=S) groups is 1. The van der Waals surface area contributed by atoms with Crippen LogP contribution < -0.4 is 10.5 Å². The summed E-state index contributed by atoms with van der Waals surface area (Å²) in [7, 11) is 0.